The van der Waals surface area contributed by atoms with E-state index in [0.29, 0.717) is 13.2 Å². The minimum absolute atomic E-state index is 0.0383. The molecule has 1 aromatic heterocycles. The standard InChI is InChI=1S/C19H24N2O4/c1-18(2)8-9-21-15-13(18)6-5-7-14(15)20-16(17(21)22)23-10-12-11-24-19(3,4)25-12/h5-7,12H,8-11H2,1-4H3/t12-/m0/s1. The van der Waals surface area contributed by atoms with Crippen LogP contribution in [0.2, 0.25) is 0 Å². The first-order valence-corrected chi connectivity index (χ1v) is 8.75. The smallest absolute Gasteiger partial charge is 0.313 e. The normalized spacial score (nSPS) is 23.8. The molecule has 134 valence electrons. The summed E-state index contributed by atoms with van der Waals surface area (Å²) in [5.41, 5.74) is 2.76. The molecule has 2 aromatic rings. The fourth-order valence-corrected chi connectivity index (χ4v) is 3.68. The van der Waals surface area contributed by atoms with E-state index in [-0.39, 0.29) is 29.6 Å². The summed E-state index contributed by atoms with van der Waals surface area (Å²) in [6.07, 6.45) is 0.717. The monoisotopic (exact) mass is 344 g/mol. The van der Waals surface area contributed by atoms with Crippen LogP contribution in [0.5, 0.6) is 5.88 Å². The van der Waals surface area contributed by atoms with Crippen LogP contribution >= 0.6 is 0 Å². The predicted octanol–water partition coefficient (Wildman–Crippen LogP) is 2.61. The van der Waals surface area contributed by atoms with Crippen molar-refractivity contribution in [2.75, 3.05) is 13.2 Å². The molecular weight excluding hydrogens is 320 g/mol. The van der Waals surface area contributed by atoms with Gasteiger partial charge < -0.3 is 18.8 Å². The first-order chi connectivity index (χ1) is 11.8. The highest BCUT2D eigenvalue weighted by atomic mass is 16.7. The van der Waals surface area contributed by atoms with Crippen LogP contribution in [0.25, 0.3) is 11.0 Å². The molecule has 4 rings (SSSR count). The molecule has 0 unspecified atom stereocenters. The average Bonchev–Trinajstić information content (AvgIpc) is 2.90. The van der Waals surface area contributed by atoms with Gasteiger partial charge in [0, 0.05) is 6.54 Å². The highest BCUT2D eigenvalue weighted by molar-refractivity contribution is 5.80. The van der Waals surface area contributed by atoms with Crippen molar-refractivity contribution in [3.63, 3.8) is 0 Å². The zero-order valence-electron chi connectivity index (χ0n) is 15.2. The van der Waals surface area contributed by atoms with Gasteiger partial charge in [-0.15, -0.1) is 0 Å². The van der Waals surface area contributed by atoms with Crippen LogP contribution in [-0.2, 0) is 21.4 Å². The minimum atomic E-state index is -0.605. The molecule has 1 atom stereocenters. The number of benzene rings is 1. The predicted molar refractivity (Wildman–Crippen MR) is 94.0 cm³/mol. The number of ether oxygens (including phenoxy) is 3. The summed E-state index contributed by atoms with van der Waals surface area (Å²) in [6.45, 7) is 9.52. The Kier molecular flexibility index (Phi) is 3.67. The summed E-state index contributed by atoms with van der Waals surface area (Å²) < 4.78 is 18.8. The van der Waals surface area contributed by atoms with Gasteiger partial charge >= 0.3 is 5.56 Å². The lowest BCUT2D eigenvalue weighted by Gasteiger charge is -2.32. The summed E-state index contributed by atoms with van der Waals surface area (Å²) in [4.78, 5) is 17.3. The Morgan fingerprint density at radius 3 is 2.84 bits per heavy atom. The van der Waals surface area contributed by atoms with Crippen LogP contribution in [0.15, 0.2) is 23.0 Å². The van der Waals surface area contributed by atoms with Gasteiger partial charge in [-0.05, 0) is 37.3 Å². The second-order valence-electron chi connectivity index (χ2n) is 7.94. The Balaban J connectivity index is 1.68. The van der Waals surface area contributed by atoms with Crippen molar-refractivity contribution in [3.8, 4) is 5.88 Å². The fourth-order valence-electron chi connectivity index (χ4n) is 3.68. The molecule has 0 amide bonds. The number of para-hydroxylation sites is 1. The Morgan fingerprint density at radius 2 is 2.12 bits per heavy atom. The molecule has 1 fully saturated rings. The molecule has 0 N–H and O–H groups in total. The molecule has 25 heavy (non-hydrogen) atoms. The van der Waals surface area contributed by atoms with Crippen LogP contribution in [-0.4, -0.2) is 34.7 Å². The Labute approximate surface area is 146 Å². The molecule has 0 radical (unpaired) electrons. The zero-order chi connectivity index (χ0) is 17.8. The lowest BCUT2D eigenvalue weighted by Crippen LogP contribution is -2.34. The average molecular weight is 344 g/mol. The van der Waals surface area contributed by atoms with E-state index in [1.807, 2.05) is 26.0 Å². The number of aromatic nitrogens is 2. The van der Waals surface area contributed by atoms with E-state index in [1.54, 1.807) is 4.57 Å². The first-order valence-electron chi connectivity index (χ1n) is 8.75. The number of hydrogen-bond acceptors (Lipinski definition) is 5. The molecule has 0 saturated carbocycles. The molecule has 0 bridgehead atoms. The van der Waals surface area contributed by atoms with Crippen molar-refractivity contribution in [1.82, 2.24) is 9.55 Å². The third kappa shape index (κ3) is 2.83. The molecular formula is C19H24N2O4. The summed E-state index contributed by atoms with van der Waals surface area (Å²) in [6, 6.07) is 6.01. The van der Waals surface area contributed by atoms with Crippen molar-refractivity contribution in [3.05, 3.63) is 34.1 Å². The second kappa shape index (κ2) is 5.54. The molecule has 6 nitrogen and oxygen atoms in total. The fraction of sp³-hybridized carbons (Fsp3) is 0.579. The maximum Gasteiger partial charge on any atom is 0.313 e. The van der Waals surface area contributed by atoms with E-state index >= 15 is 0 Å². The molecule has 0 aliphatic carbocycles. The Morgan fingerprint density at radius 1 is 1.32 bits per heavy atom. The highest BCUT2D eigenvalue weighted by Gasteiger charge is 2.34. The Hall–Kier alpha value is -1.92. The molecule has 2 aliphatic rings. The maximum absolute atomic E-state index is 12.8. The molecule has 1 saturated heterocycles. The van der Waals surface area contributed by atoms with E-state index < -0.39 is 5.79 Å². The van der Waals surface area contributed by atoms with Gasteiger partial charge in [-0.1, -0.05) is 26.0 Å². The topological polar surface area (TPSA) is 62.6 Å². The zero-order valence-corrected chi connectivity index (χ0v) is 15.2. The highest BCUT2D eigenvalue weighted by Crippen LogP contribution is 2.36. The van der Waals surface area contributed by atoms with E-state index in [4.69, 9.17) is 14.2 Å². The van der Waals surface area contributed by atoms with E-state index in [9.17, 15) is 4.79 Å². The summed E-state index contributed by atoms with van der Waals surface area (Å²) in [5, 5.41) is 0. The van der Waals surface area contributed by atoms with Gasteiger partial charge in [0.2, 0.25) is 0 Å². The van der Waals surface area contributed by atoms with Crippen LogP contribution in [0.1, 0.15) is 39.7 Å². The van der Waals surface area contributed by atoms with Crippen LogP contribution in [0.4, 0.5) is 0 Å². The SMILES string of the molecule is CC1(C)OC[C@H](COc2nc3cccc4c3n(c2=O)CCC4(C)C)O1. The molecule has 2 aliphatic heterocycles. The third-order valence-electron chi connectivity index (χ3n) is 5.10. The second-order valence-corrected chi connectivity index (χ2v) is 7.94. The molecule has 6 heteroatoms. The van der Waals surface area contributed by atoms with E-state index in [1.165, 1.54) is 5.56 Å². The van der Waals surface area contributed by atoms with Crippen LogP contribution in [0.3, 0.4) is 0 Å². The minimum Gasteiger partial charge on any atom is -0.471 e. The van der Waals surface area contributed by atoms with Gasteiger partial charge in [0.15, 0.2) is 5.79 Å². The molecule has 1 aromatic carbocycles. The number of hydrogen-bond donors (Lipinski definition) is 0. The van der Waals surface area contributed by atoms with Crippen molar-refractivity contribution in [2.45, 2.75) is 58.0 Å². The number of rotatable bonds is 3. The van der Waals surface area contributed by atoms with Gasteiger partial charge in [0.05, 0.1) is 17.6 Å². The van der Waals surface area contributed by atoms with Crippen molar-refractivity contribution in [1.29, 1.82) is 0 Å². The van der Waals surface area contributed by atoms with Crippen molar-refractivity contribution >= 4 is 11.0 Å². The number of nitrogens with zero attached hydrogens (tertiary/aromatic N) is 2. The quantitative estimate of drug-likeness (QED) is 0.856. The maximum atomic E-state index is 12.8. The van der Waals surface area contributed by atoms with Gasteiger partial charge in [-0.25, -0.2) is 4.98 Å². The summed E-state index contributed by atoms with van der Waals surface area (Å²) in [5.74, 6) is -0.468. The van der Waals surface area contributed by atoms with Crippen LogP contribution < -0.4 is 10.3 Å². The van der Waals surface area contributed by atoms with Gasteiger partial charge in [-0.3, -0.25) is 4.79 Å². The lowest BCUT2D eigenvalue weighted by molar-refractivity contribution is -0.141. The van der Waals surface area contributed by atoms with Crippen LogP contribution in [0, 0.1) is 0 Å². The van der Waals surface area contributed by atoms with Gasteiger partial charge in [-0.2, -0.15) is 0 Å². The first kappa shape index (κ1) is 16.5. The van der Waals surface area contributed by atoms with Gasteiger partial charge in [0.25, 0.3) is 5.88 Å². The van der Waals surface area contributed by atoms with Crippen molar-refractivity contribution < 1.29 is 14.2 Å². The van der Waals surface area contributed by atoms with E-state index in [2.05, 4.69) is 24.9 Å². The Bertz CT molecular complexity index is 885. The number of aryl methyl sites for hydroxylation is 1. The molecule has 0 spiro atoms. The third-order valence-corrected chi connectivity index (χ3v) is 5.10. The van der Waals surface area contributed by atoms with Gasteiger partial charge in [0.1, 0.15) is 12.7 Å². The largest absolute Gasteiger partial charge is 0.471 e. The summed E-state index contributed by atoms with van der Waals surface area (Å²) >= 11 is 0. The lowest BCUT2D eigenvalue weighted by atomic mass is 9.79. The van der Waals surface area contributed by atoms with E-state index in [0.717, 1.165) is 17.5 Å². The summed E-state index contributed by atoms with van der Waals surface area (Å²) in [7, 11) is 0. The van der Waals surface area contributed by atoms with Crippen molar-refractivity contribution in [2.24, 2.45) is 0 Å². The molecule has 3 heterocycles.